The predicted molar refractivity (Wildman–Crippen MR) is 133 cm³/mol. The largest absolute Gasteiger partial charge is 0.493 e. The van der Waals surface area contributed by atoms with Crippen LogP contribution in [-0.2, 0) is 9.53 Å². The number of benzene rings is 2. The summed E-state index contributed by atoms with van der Waals surface area (Å²) < 4.78 is 12.5. The van der Waals surface area contributed by atoms with Crippen LogP contribution >= 0.6 is 34.2 Å². The van der Waals surface area contributed by atoms with E-state index in [1.54, 1.807) is 49.4 Å². The van der Waals surface area contributed by atoms with Crippen LogP contribution in [0.3, 0.4) is 0 Å². The number of hydrogen-bond acceptors (Lipinski definition) is 6. The van der Waals surface area contributed by atoms with E-state index in [0.29, 0.717) is 22.0 Å². The van der Waals surface area contributed by atoms with Crippen LogP contribution in [0.25, 0.3) is 11.3 Å². The van der Waals surface area contributed by atoms with Gasteiger partial charge in [-0.3, -0.25) is 4.79 Å². The number of methoxy groups -OCH3 is 1. The van der Waals surface area contributed by atoms with Gasteiger partial charge >= 0.3 is 5.69 Å². The molecule has 0 fully saturated rings. The van der Waals surface area contributed by atoms with Gasteiger partial charge in [0.25, 0.3) is 0 Å². The molecule has 1 heterocycles. The summed E-state index contributed by atoms with van der Waals surface area (Å²) in [4.78, 5) is 28.6. The molecular formula is C22H23ClIN3O6. The molecule has 0 radical (unpaired) electrons. The van der Waals surface area contributed by atoms with Gasteiger partial charge in [-0.1, -0.05) is 11.6 Å². The molecule has 0 unspecified atom stereocenters. The average Bonchev–Trinajstić information content (AvgIpc) is 3.08. The number of carbonyl (C=O) groups excluding carboxylic acids is 1. The molecule has 0 bridgehead atoms. The van der Waals surface area contributed by atoms with E-state index in [2.05, 4.69) is 32.9 Å². The molecule has 0 aliphatic rings. The van der Waals surface area contributed by atoms with Crippen LogP contribution in [0.2, 0.25) is 5.02 Å². The van der Waals surface area contributed by atoms with E-state index in [0.717, 1.165) is 8.14 Å². The second-order valence-corrected chi connectivity index (χ2v) is 8.75. The van der Waals surface area contributed by atoms with Crippen LogP contribution in [0.1, 0.15) is 13.0 Å². The zero-order valence-corrected chi connectivity index (χ0v) is 20.8. The summed E-state index contributed by atoms with van der Waals surface area (Å²) in [6, 6.07) is 10.5. The van der Waals surface area contributed by atoms with Crippen molar-refractivity contribution in [1.29, 1.82) is 0 Å². The molecule has 1 amide bonds. The summed E-state index contributed by atoms with van der Waals surface area (Å²) in [7, 11) is 1.41. The Morgan fingerprint density at radius 1 is 1.27 bits per heavy atom. The first-order chi connectivity index (χ1) is 15.8. The highest BCUT2D eigenvalue weighted by Gasteiger charge is 2.33. The fourth-order valence-corrected chi connectivity index (χ4v) is 4.15. The number of aromatic nitrogens is 2. The van der Waals surface area contributed by atoms with Crippen LogP contribution < -0.4 is 15.7 Å². The van der Waals surface area contributed by atoms with E-state index in [9.17, 15) is 14.7 Å². The highest BCUT2D eigenvalue weighted by molar-refractivity contribution is 14.1. The quantitative estimate of drug-likeness (QED) is 0.285. The zero-order valence-electron chi connectivity index (χ0n) is 17.8. The second kappa shape index (κ2) is 11.1. The number of aromatic amines is 1. The highest BCUT2D eigenvalue weighted by Crippen LogP contribution is 2.32. The van der Waals surface area contributed by atoms with Crippen LogP contribution in [0.5, 0.6) is 11.6 Å². The van der Waals surface area contributed by atoms with Gasteiger partial charge in [0.15, 0.2) is 0 Å². The summed E-state index contributed by atoms with van der Waals surface area (Å²) in [6.45, 7) is 1.65. The van der Waals surface area contributed by atoms with E-state index in [1.807, 2.05) is 0 Å². The fourth-order valence-electron chi connectivity index (χ4n) is 3.25. The van der Waals surface area contributed by atoms with Crippen molar-refractivity contribution >= 4 is 45.8 Å². The third-order valence-electron chi connectivity index (χ3n) is 4.96. The minimum absolute atomic E-state index is 0.118. The van der Waals surface area contributed by atoms with Crippen molar-refractivity contribution in [2.75, 3.05) is 25.6 Å². The summed E-state index contributed by atoms with van der Waals surface area (Å²) in [5, 5.41) is 22.8. The van der Waals surface area contributed by atoms with E-state index in [-0.39, 0.29) is 18.9 Å². The van der Waals surface area contributed by atoms with Gasteiger partial charge in [0.2, 0.25) is 11.8 Å². The number of carbonyl (C=O) groups is 1. The Hall–Kier alpha value is -2.54. The normalized spacial score (nSPS) is 12.9. The van der Waals surface area contributed by atoms with Crippen molar-refractivity contribution in [1.82, 2.24) is 9.55 Å². The molecule has 33 heavy (non-hydrogen) atoms. The number of H-pyrrole nitrogens is 1. The first kappa shape index (κ1) is 25.1. The predicted octanol–water partition coefficient (Wildman–Crippen LogP) is 3.39. The van der Waals surface area contributed by atoms with Gasteiger partial charge in [-0.2, -0.15) is 0 Å². The zero-order chi connectivity index (χ0) is 24.1. The molecule has 176 valence electrons. The van der Waals surface area contributed by atoms with Crippen LogP contribution in [-0.4, -0.2) is 52.1 Å². The van der Waals surface area contributed by atoms with Crippen molar-refractivity contribution in [2.45, 2.75) is 19.1 Å². The lowest BCUT2D eigenvalue weighted by Gasteiger charge is -2.23. The summed E-state index contributed by atoms with van der Waals surface area (Å²) >= 11 is 8.33. The number of rotatable bonds is 9. The van der Waals surface area contributed by atoms with Crippen molar-refractivity contribution in [3.05, 3.63) is 61.5 Å². The Kier molecular flexibility index (Phi) is 8.40. The molecule has 0 aliphatic carbocycles. The number of nitrogens with one attached hydrogen (secondary N) is 2. The van der Waals surface area contributed by atoms with E-state index in [4.69, 9.17) is 26.2 Å². The number of aliphatic hydroxyl groups is 1. The van der Waals surface area contributed by atoms with E-state index < -0.39 is 29.6 Å². The van der Waals surface area contributed by atoms with Gasteiger partial charge in [0.1, 0.15) is 24.1 Å². The summed E-state index contributed by atoms with van der Waals surface area (Å²) in [5.41, 5.74) is 0.338. The Labute approximate surface area is 208 Å². The molecule has 0 aliphatic heterocycles. The molecular weight excluding hydrogens is 565 g/mol. The van der Waals surface area contributed by atoms with Crippen LogP contribution in [0.15, 0.2) is 47.3 Å². The third kappa shape index (κ3) is 5.69. The third-order valence-corrected chi connectivity index (χ3v) is 5.94. The molecule has 1 aromatic heterocycles. The van der Waals surface area contributed by atoms with Gasteiger partial charge in [-0.05, 0) is 72.0 Å². The lowest BCUT2D eigenvalue weighted by atomic mass is 10.1. The van der Waals surface area contributed by atoms with Gasteiger partial charge in [0.05, 0.1) is 23.4 Å². The monoisotopic (exact) mass is 587 g/mol. The first-order valence-electron chi connectivity index (χ1n) is 9.93. The smallest absolute Gasteiger partial charge is 0.329 e. The minimum atomic E-state index is -1.19. The first-order valence-corrected chi connectivity index (χ1v) is 11.4. The molecule has 0 spiro atoms. The average molecular weight is 588 g/mol. The highest BCUT2D eigenvalue weighted by atomic mass is 127. The Balaban J connectivity index is 1.96. The summed E-state index contributed by atoms with van der Waals surface area (Å²) in [5.74, 6) is -0.473. The number of anilines is 1. The number of amides is 1. The SMILES string of the molecule is CO[C@H](C)[C@@H](C(=O)Nc1ccc(I)cc1Cl)n1c(O)c(-c2ccc(OCCO)cc2)[nH]c1=O. The topological polar surface area (TPSA) is 126 Å². The maximum Gasteiger partial charge on any atom is 0.329 e. The number of halogens is 2. The van der Waals surface area contributed by atoms with Crippen molar-refractivity contribution in [3.63, 3.8) is 0 Å². The van der Waals surface area contributed by atoms with E-state index >= 15 is 0 Å². The van der Waals surface area contributed by atoms with Crippen LogP contribution in [0.4, 0.5) is 5.69 Å². The molecule has 3 aromatic rings. The number of ether oxygens (including phenoxy) is 2. The number of aliphatic hydroxyl groups excluding tert-OH is 1. The fraction of sp³-hybridized carbons (Fsp3) is 0.273. The number of aromatic hydroxyl groups is 1. The molecule has 0 saturated carbocycles. The minimum Gasteiger partial charge on any atom is -0.493 e. The second-order valence-electron chi connectivity index (χ2n) is 7.09. The molecule has 4 N–H and O–H groups in total. The van der Waals surface area contributed by atoms with Gasteiger partial charge in [0, 0.05) is 16.2 Å². The number of imidazole rings is 1. The Morgan fingerprint density at radius 3 is 2.58 bits per heavy atom. The van der Waals surface area contributed by atoms with Gasteiger partial charge < -0.3 is 30.0 Å². The molecule has 9 nitrogen and oxygen atoms in total. The molecule has 2 aromatic carbocycles. The molecule has 2 atom stereocenters. The Morgan fingerprint density at radius 2 is 1.97 bits per heavy atom. The van der Waals surface area contributed by atoms with Crippen molar-refractivity contribution in [3.8, 4) is 22.9 Å². The Bertz CT molecular complexity index is 1180. The maximum atomic E-state index is 13.2. The van der Waals surface area contributed by atoms with Gasteiger partial charge in [-0.25, -0.2) is 9.36 Å². The standard InChI is InChI=1S/C22H23ClIN3O6/c1-12(32-2)19(20(29)25-17-8-5-14(24)11-16(17)23)27-21(30)18(26-22(27)31)13-3-6-15(7-4-13)33-10-9-28/h3-8,11-12,19,28,30H,9-10H2,1-2H3,(H,25,29)(H,26,31)/t12-,19+/m1/s1. The number of nitrogens with zero attached hydrogens (tertiary/aromatic N) is 1. The molecule has 0 saturated heterocycles. The lowest BCUT2D eigenvalue weighted by molar-refractivity contribution is -0.123. The van der Waals surface area contributed by atoms with Crippen molar-refractivity contribution < 1.29 is 24.5 Å². The van der Waals surface area contributed by atoms with Crippen LogP contribution in [0, 0.1) is 3.57 Å². The number of hydrogen-bond donors (Lipinski definition) is 4. The molecule has 3 rings (SSSR count). The van der Waals surface area contributed by atoms with E-state index in [1.165, 1.54) is 7.11 Å². The van der Waals surface area contributed by atoms with Gasteiger partial charge in [-0.15, -0.1) is 0 Å². The lowest BCUT2D eigenvalue weighted by Crippen LogP contribution is -2.39. The molecule has 11 heteroatoms. The maximum absolute atomic E-state index is 13.2. The van der Waals surface area contributed by atoms with Crippen molar-refractivity contribution in [2.24, 2.45) is 0 Å². The summed E-state index contributed by atoms with van der Waals surface area (Å²) in [6.07, 6.45) is -0.755.